The SMILES string of the molecule is O=C(NC[C@@H]1CCC2(CCN(C(=O)CCc3nc4ccccc4[nH]3)CC2)O1)c1ccccc1F. The van der Waals surface area contributed by atoms with E-state index in [0.717, 1.165) is 42.5 Å². The van der Waals surface area contributed by atoms with Crippen LogP contribution in [0, 0.1) is 5.82 Å². The van der Waals surface area contributed by atoms with Gasteiger partial charge in [0.05, 0.1) is 28.3 Å². The van der Waals surface area contributed by atoms with Gasteiger partial charge in [-0.25, -0.2) is 9.37 Å². The van der Waals surface area contributed by atoms with Gasteiger partial charge in [0.25, 0.3) is 5.91 Å². The van der Waals surface area contributed by atoms with Crippen molar-refractivity contribution < 1.29 is 18.7 Å². The van der Waals surface area contributed by atoms with E-state index < -0.39 is 11.7 Å². The molecule has 2 aliphatic rings. The summed E-state index contributed by atoms with van der Waals surface area (Å²) in [7, 11) is 0. The molecule has 8 heteroatoms. The first-order valence-corrected chi connectivity index (χ1v) is 11.9. The van der Waals surface area contributed by atoms with Crippen LogP contribution >= 0.6 is 0 Å². The molecule has 0 radical (unpaired) electrons. The summed E-state index contributed by atoms with van der Waals surface area (Å²) in [5.74, 6) is 0.0260. The molecule has 7 nitrogen and oxygen atoms in total. The van der Waals surface area contributed by atoms with Crippen LogP contribution in [0.1, 0.15) is 48.3 Å². The van der Waals surface area contributed by atoms with Crippen molar-refractivity contribution in [3.8, 4) is 0 Å². The number of carbonyl (C=O) groups excluding carboxylic acids is 2. The molecule has 2 fully saturated rings. The number of imidazole rings is 1. The maximum atomic E-state index is 13.8. The van der Waals surface area contributed by atoms with Crippen LogP contribution in [0.5, 0.6) is 0 Å². The van der Waals surface area contributed by atoms with Crippen LogP contribution < -0.4 is 5.32 Å². The minimum atomic E-state index is -0.527. The molecule has 1 spiro atoms. The molecule has 2 saturated heterocycles. The summed E-state index contributed by atoms with van der Waals surface area (Å²) in [5, 5.41) is 2.80. The molecule has 34 heavy (non-hydrogen) atoms. The van der Waals surface area contributed by atoms with Crippen molar-refractivity contribution >= 4 is 22.8 Å². The Balaban J connectivity index is 1.07. The van der Waals surface area contributed by atoms with E-state index in [9.17, 15) is 14.0 Å². The largest absolute Gasteiger partial charge is 0.370 e. The van der Waals surface area contributed by atoms with Gasteiger partial charge in [-0.2, -0.15) is 0 Å². The van der Waals surface area contributed by atoms with E-state index in [4.69, 9.17) is 4.74 Å². The van der Waals surface area contributed by atoms with Gasteiger partial charge in [-0.1, -0.05) is 24.3 Å². The lowest BCUT2D eigenvalue weighted by Crippen LogP contribution is -2.47. The Morgan fingerprint density at radius 2 is 1.88 bits per heavy atom. The molecule has 2 amide bonds. The number of para-hydroxylation sites is 2. The zero-order valence-electron chi connectivity index (χ0n) is 19.1. The van der Waals surface area contributed by atoms with Gasteiger partial charge < -0.3 is 19.9 Å². The Kier molecular flexibility index (Phi) is 6.32. The molecule has 0 aliphatic carbocycles. The Labute approximate surface area is 197 Å². The number of likely N-dealkylation sites (tertiary alicyclic amines) is 1. The van der Waals surface area contributed by atoms with Crippen molar-refractivity contribution in [2.45, 2.75) is 50.2 Å². The van der Waals surface area contributed by atoms with Gasteiger partial charge in [0.1, 0.15) is 11.6 Å². The van der Waals surface area contributed by atoms with Crippen molar-refractivity contribution in [2.24, 2.45) is 0 Å². The highest BCUT2D eigenvalue weighted by Gasteiger charge is 2.43. The van der Waals surface area contributed by atoms with Crippen molar-refractivity contribution in [2.75, 3.05) is 19.6 Å². The fourth-order valence-corrected chi connectivity index (χ4v) is 5.03. The lowest BCUT2D eigenvalue weighted by Gasteiger charge is -2.39. The molecule has 0 unspecified atom stereocenters. The Morgan fingerprint density at radius 3 is 2.68 bits per heavy atom. The number of halogens is 1. The summed E-state index contributed by atoms with van der Waals surface area (Å²) in [6.07, 6.45) is 4.27. The molecule has 5 rings (SSSR count). The fourth-order valence-electron chi connectivity index (χ4n) is 5.03. The highest BCUT2D eigenvalue weighted by atomic mass is 19.1. The molecule has 1 aromatic heterocycles. The highest BCUT2D eigenvalue weighted by Crippen LogP contribution is 2.38. The van der Waals surface area contributed by atoms with E-state index in [1.165, 1.54) is 12.1 Å². The Hall–Kier alpha value is -3.26. The number of nitrogens with zero attached hydrogens (tertiary/aromatic N) is 2. The number of amides is 2. The molecule has 2 aromatic carbocycles. The average Bonchev–Trinajstić information content (AvgIpc) is 3.45. The van der Waals surface area contributed by atoms with Crippen LogP contribution in [0.2, 0.25) is 0 Å². The average molecular weight is 465 g/mol. The Bertz CT molecular complexity index is 1150. The number of benzene rings is 2. The van der Waals surface area contributed by atoms with E-state index in [1.54, 1.807) is 12.1 Å². The summed E-state index contributed by atoms with van der Waals surface area (Å²) in [5.41, 5.74) is 1.72. The molecule has 2 aliphatic heterocycles. The number of rotatable bonds is 6. The molecular weight excluding hydrogens is 435 g/mol. The number of H-pyrrole nitrogens is 1. The van der Waals surface area contributed by atoms with Crippen LogP contribution in [-0.4, -0.2) is 58.0 Å². The maximum Gasteiger partial charge on any atom is 0.254 e. The smallest absolute Gasteiger partial charge is 0.254 e. The normalized spacial score (nSPS) is 19.6. The molecule has 0 bridgehead atoms. The molecule has 0 saturated carbocycles. The quantitative estimate of drug-likeness (QED) is 0.584. The molecular formula is C26H29FN4O3. The van der Waals surface area contributed by atoms with E-state index in [1.807, 2.05) is 29.2 Å². The van der Waals surface area contributed by atoms with Crippen molar-refractivity contribution in [3.63, 3.8) is 0 Å². The summed E-state index contributed by atoms with van der Waals surface area (Å²) < 4.78 is 20.1. The van der Waals surface area contributed by atoms with Crippen molar-refractivity contribution in [3.05, 3.63) is 65.7 Å². The first-order valence-electron chi connectivity index (χ1n) is 11.9. The number of fused-ring (bicyclic) bond motifs is 1. The van der Waals surface area contributed by atoms with E-state index >= 15 is 0 Å². The monoisotopic (exact) mass is 464 g/mol. The Morgan fingerprint density at radius 1 is 1.12 bits per heavy atom. The molecule has 3 aromatic rings. The number of ether oxygens (including phenoxy) is 1. The van der Waals surface area contributed by atoms with Gasteiger partial charge in [-0.3, -0.25) is 9.59 Å². The summed E-state index contributed by atoms with van der Waals surface area (Å²) >= 11 is 0. The van der Waals surface area contributed by atoms with Gasteiger partial charge in [-0.05, 0) is 49.9 Å². The summed E-state index contributed by atoms with van der Waals surface area (Å²) in [6.45, 7) is 1.70. The zero-order chi connectivity index (χ0) is 23.5. The van der Waals surface area contributed by atoms with Crippen LogP contribution in [-0.2, 0) is 16.0 Å². The first kappa shape index (κ1) is 22.5. The zero-order valence-corrected chi connectivity index (χ0v) is 19.1. The fraction of sp³-hybridized carbons (Fsp3) is 0.423. The topological polar surface area (TPSA) is 87.3 Å². The standard InChI is InChI=1S/C26H29FN4O3/c27-20-6-2-1-5-19(20)25(33)28-17-18-11-12-26(34-18)13-15-31(16-14-26)24(32)10-9-23-29-21-7-3-4-8-22(21)30-23/h1-8,18H,9-17H2,(H,28,33)(H,29,30)/t18-/m0/s1. The predicted octanol–water partition coefficient (Wildman–Crippen LogP) is 3.60. The van der Waals surface area contributed by atoms with Crippen LogP contribution in [0.3, 0.4) is 0 Å². The first-order chi connectivity index (χ1) is 16.5. The van der Waals surface area contributed by atoms with Crippen LogP contribution in [0.4, 0.5) is 4.39 Å². The number of aromatic nitrogens is 2. The minimum Gasteiger partial charge on any atom is -0.370 e. The van der Waals surface area contributed by atoms with Crippen molar-refractivity contribution in [1.82, 2.24) is 20.2 Å². The number of hydrogen-bond acceptors (Lipinski definition) is 4. The third-order valence-electron chi connectivity index (χ3n) is 6.99. The lowest BCUT2D eigenvalue weighted by atomic mass is 9.88. The lowest BCUT2D eigenvalue weighted by molar-refractivity contribution is -0.137. The van der Waals surface area contributed by atoms with Crippen molar-refractivity contribution in [1.29, 1.82) is 0 Å². The highest BCUT2D eigenvalue weighted by molar-refractivity contribution is 5.94. The van der Waals surface area contributed by atoms with E-state index in [2.05, 4.69) is 15.3 Å². The number of carbonyl (C=O) groups is 2. The van der Waals surface area contributed by atoms with Gasteiger partial charge in [-0.15, -0.1) is 0 Å². The van der Waals surface area contributed by atoms with E-state index in [0.29, 0.717) is 32.5 Å². The number of hydrogen-bond donors (Lipinski definition) is 2. The molecule has 2 N–H and O–H groups in total. The number of aromatic amines is 1. The van der Waals surface area contributed by atoms with Crippen LogP contribution in [0.15, 0.2) is 48.5 Å². The number of aryl methyl sites for hydroxylation is 1. The van der Waals surface area contributed by atoms with Crippen LogP contribution in [0.25, 0.3) is 11.0 Å². The molecule has 1 atom stereocenters. The second-order valence-electron chi connectivity index (χ2n) is 9.23. The van der Waals surface area contributed by atoms with E-state index in [-0.39, 0.29) is 23.2 Å². The van der Waals surface area contributed by atoms with Gasteiger partial charge in [0.2, 0.25) is 5.91 Å². The van der Waals surface area contributed by atoms with Gasteiger partial charge in [0.15, 0.2) is 0 Å². The van der Waals surface area contributed by atoms with Gasteiger partial charge >= 0.3 is 0 Å². The summed E-state index contributed by atoms with van der Waals surface area (Å²) in [6, 6.07) is 13.8. The number of piperidine rings is 1. The van der Waals surface area contributed by atoms with Gasteiger partial charge in [0, 0.05) is 32.5 Å². The summed E-state index contributed by atoms with van der Waals surface area (Å²) in [4.78, 5) is 34.8. The third-order valence-corrected chi connectivity index (χ3v) is 6.99. The maximum absolute atomic E-state index is 13.8. The second-order valence-corrected chi connectivity index (χ2v) is 9.23. The second kappa shape index (κ2) is 9.54. The molecule has 178 valence electrons. The third kappa shape index (κ3) is 4.82. The number of nitrogens with one attached hydrogen (secondary N) is 2. The predicted molar refractivity (Wildman–Crippen MR) is 126 cm³/mol. The minimum absolute atomic E-state index is 0.0460. The molecule has 3 heterocycles.